The smallest absolute Gasteiger partial charge is 0.410 e. The first-order valence-electron chi connectivity index (χ1n) is 11.6. The number of rotatable bonds is 7. The molecule has 0 spiro atoms. The number of benzene rings is 1. The number of anilines is 2. The van der Waals surface area contributed by atoms with Gasteiger partial charge in [-0.25, -0.2) is 9.78 Å². The average molecular weight is 481 g/mol. The first-order chi connectivity index (χ1) is 17.0. The van der Waals surface area contributed by atoms with Crippen LogP contribution in [-0.4, -0.2) is 84.5 Å². The summed E-state index contributed by atoms with van der Waals surface area (Å²) in [6.07, 6.45) is -0.352. The summed E-state index contributed by atoms with van der Waals surface area (Å²) in [5, 5.41) is 4.00. The van der Waals surface area contributed by atoms with Crippen LogP contribution in [0.1, 0.15) is 21.7 Å². The Morgan fingerprint density at radius 1 is 1.14 bits per heavy atom. The fourth-order valence-corrected chi connectivity index (χ4v) is 4.13. The Bertz CT molecular complexity index is 1250. The zero-order valence-corrected chi connectivity index (χ0v) is 19.8. The average Bonchev–Trinajstić information content (AvgIpc) is 3.41. The minimum absolute atomic E-state index is 0.194. The van der Waals surface area contributed by atoms with Crippen molar-refractivity contribution in [1.29, 1.82) is 0 Å². The minimum Gasteiger partial charge on any atom is -0.476 e. The molecule has 0 unspecified atom stereocenters. The van der Waals surface area contributed by atoms with Crippen LogP contribution in [0.25, 0.3) is 10.9 Å². The van der Waals surface area contributed by atoms with Gasteiger partial charge in [0.25, 0.3) is 5.91 Å². The highest BCUT2D eigenvalue weighted by Crippen LogP contribution is 2.25. The molecule has 2 aromatic heterocycles. The summed E-state index contributed by atoms with van der Waals surface area (Å²) < 4.78 is 16.2. The van der Waals surface area contributed by atoms with Crippen LogP contribution < -0.4 is 15.0 Å². The van der Waals surface area contributed by atoms with Gasteiger partial charge in [0, 0.05) is 41.4 Å². The molecule has 1 aromatic carbocycles. The van der Waals surface area contributed by atoms with Gasteiger partial charge in [-0.3, -0.25) is 4.79 Å². The maximum absolute atomic E-state index is 13.2. The second-order valence-corrected chi connectivity index (χ2v) is 8.53. The van der Waals surface area contributed by atoms with Crippen molar-refractivity contribution in [2.24, 2.45) is 0 Å². The second kappa shape index (κ2) is 9.79. The Hall–Kier alpha value is -3.86. The third kappa shape index (κ3) is 4.99. The number of fused-ring (bicyclic) bond motifs is 1. The first kappa shape index (κ1) is 22.9. The van der Waals surface area contributed by atoms with Gasteiger partial charge in [0.05, 0.1) is 26.3 Å². The zero-order valence-electron chi connectivity index (χ0n) is 19.8. The lowest BCUT2D eigenvalue weighted by atomic mass is 10.1. The molecular formula is C24H28N6O5. The quantitative estimate of drug-likeness (QED) is 0.529. The van der Waals surface area contributed by atoms with E-state index in [1.807, 2.05) is 36.9 Å². The molecule has 0 bridgehead atoms. The lowest BCUT2D eigenvalue weighted by Crippen LogP contribution is -2.37. The van der Waals surface area contributed by atoms with Crippen LogP contribution in [-0.2, 0) is 9.47 Å². The number of nitrogens with one attached hydrogen (secondary N) is 2. The third-order valence-corrected chi connectivity index (χ3v) is 6.24. The van der Waals surface area contributed by atoms with Crippen molar-refractivity contribution in [3.05, 3.63) is 41.2 Å². The van der Waals surface area contributed by atoms with E-state index in [4.69, 9.17) is 14.2 Å². The summed E-state index contributed by atoms with van der Waals surface area (Å²) in [6.45, 7) is 7.92. The predicted molar refractivity (Wildman–Crippen MR) is 129 cm³/mol. The first-order valence-corrected chi connectivity index (χ1v) is 11.6. The molecular weight excluding hydrogens is 452 g/mol. The number of aromatic amines is 1. The van der Waals surface area contributed by atoms with Gasteiger partial charge < -0.3 is 34.3 Å². The van der Waals surface area contributed by atoms with E-state index >= 15 is 0 Å². The Morgan fingerprint density at radius 2 is 1.97 bits per heavy atom. The molecule has 2 N–H and O–H groups in total. The highest BCUT2D eigenvalue weighted by atomic mass is 16.6. The molecule has 35 heavy (non-hydrogen) atoms. The Labute approximate surface area is 202 Å². The fourth-order valence-electron chi connectivity index (χ4n) is 4.13. The van der Waals surface area contributed by atoms with E-state index in [0.29, 0.717) is 57.6 Å². The number of nitrogens with zero attached hydrogens (tertiary/aromatic N) is 4. The normalized spacial score (nSPS) is 16.0. The zero-order chi connectivity index (χ0) is 24.4. The summed E-state index contributed by atoms with van der Waals surface area (Å²) in [5.41, 5.74) is 4.13. The van der Waals surface area contributed by atoms with E-state index < -0.39 is 0 Å². The molecule has 2 saturated heterocycles. The molecule has 0 aliphatic carbocycles. The van der Waals surface area contributed by atoms with Crippen molar-refractivity contribution in [1.82, 2.24) is 19.9 Å². The SMILES string of the molecule is Cc1[nH]c2ccc(NC(=O)c3cc(OCCN4CCOC4=O)nc(N4CCOCC4)n3)cc2c1C. The maximum atomic E-state index is 13.2. The molecule has 2 amide bonds. The van der Waals surface area contributed by atoms with Gasteiger partial charge in [-0.1, -0.05) is 0 Å². The Balaban J connectivity index is 1.35. The number of amides is 2. The van der Waals surface area contributed by atoms with Crippen LogP contribution in [0.5, 0.6) is 5.88 Å². The highest BCUT2D eigenvalue weighted by Gasteiger charge is 2.22. The van der Waals surface area contributed by atoms with Crippen LogP contribution >= 0.6 is 0 Å². The number of H-pyrrole nitrogens is 1. The molecule has 11 heteroatoms. The van der Waals surface area contributed by atoms with Gasteiger partial charge in [-0.15, -0.1) is 0 Å². The summed E-state index contributed by atoms with van der Waals surface area (Å²) in [6, 6.07) is 7.27. The number of aromatic nitrogens is 3. The third-order valence-electron chi connectivity index (χ3n) is 6.24. The Kier molecular flexibility index (Phi) is 6.41. The van der Waals surface area contributed by atoms with Crippen molar-refractivity contribution in [2.75, 3.05) is 62.8 Å². The molecule has 2 aliphatic heterocycles. The fraction of sp³-hybridized carbons (Fsp3) is 0.417. The number of carbonyl (C=O) groups is 2. The summed E-state index contributed by atoms with van der Waals surface area (Å²) in [7, 11) is 0. The molecule has 0 atom stereocenters. The van der Waals surface area contributed by atoms with E-state index in [1.54, 1.807) is 4.90 Å². The molecule has 4 heterocycles. The van der Waals surface area contributed by atoms with Crippen molar-refractivity contribution in [3.8, 4) is 5.88 Å². The van der Waals surface area contributed by atoms with E-state index in [0.717, 1.165) is 22.2 Å². The standard InChI is InChI=1S/C24H28N6O5/c1-15-16(2)25-19-4-3-17(13-18(15)19)26-22(31)20-14-21(34-11-7-30-8-12-35-24(30)32)28-23(27-20)29-5-9-33-10-6-29/h3-4,13-14,25H,5-12H2,1-2H3,(H,26,31). The molecule has 184 valence electrons. The molecule has 2 aliphatic rings. The second-order valence-electron chi connectivity index (χ2n) is 8.53. The van der Waals surface area contributed by atoms with E-state index in [9.17, 15) is 9.59 Å². The number of cyclic esters (lactones) is 1. The molecule has 11 nitrogen and oxygen atoms in total. The molecule has 2 fully saturated rings. The number of ether oxygens (including phenoxy) is 3. The van der Waals surface area contributed by atoms with E-state index in [1.165, 1.54) is 6.07 Å². The highest BCUT2D eigenvalue weighted by molar-refractivity contribution is 6.04. The number of aryl methyl sites for hydroxylation is 2. The lowest BCUT2D eigenvalue weighted by molar-refractivity contribution is 0.102. The topological polar surface area (TPSA) is 122 Å². The number of carbonyl (C=O) groups excluding carboxylic acids is 2. The van der Waals surface area contributed by atoms with Crippen molar-refractivity contribution in [2.45, 2.75) is 13.8 Å². The largest absolute Gasteiger partial charge is 0.476 e. The monoisotopic (exact) mass is 480 g/mol. The predicted octanol–water partition coefficient (Wildman–Crippen LogP) is 2.49. The van der Waals surface area contributed by atoms with Gasteiger partial charge in [0.2, 0.25) is 11.8 Å². The summed E-state index contributed by atoms with van der Waals surface area (Å²) in [5.74, 6) is 0.315. The van der Waals surface area contributed by atoms with E-state index in [2.05, 4.69) is 20.3 Å². The van der Waals surface area contributed by atoms with E-state index in [-0.39, 0.29) is 30.2 Å². The van der Waals surface area contributed by atoms with Gasteiger partial charge in [-0.05, 0) is 37.6 Å². The van der Waals surface area contributed by atoms with Gasteiger partial charge in [-0.2, -0.15) is 4.98 Å². The summed E-state index contributed by atoms with van der Waals surface area (Å²) in [4.78, 5) is 40.7. The van der Waals surface area contributed by atoms with Gasteiger partial charge in [0.1, 0.15) is 18.9 Å². The maximum Gasteiger partial charge on any atom is 0.410 e. The van der Waals surface area contributed by atoms with Crippen LogP contribution in [0.4, 0.5) is 16.4 Å². The molecule has 0 saturated carbocycles. The molecule has 5 rings (SSSR count). The number of hydrogen-bond donors (Lipinski definition) is 2. The molecule has 3 aromatic rings. The van der Waals surface area contributed by atoms with Crippen LogP contribution in [0.3, 0.4) is 0 Å². The van der Waals surface area contributed by atoms with Crippen LogP contribution in [0, 0.1) is 13.8 Å². The van der Waals surface area contributed by atoms with Gasteiger partial charge in [0.15, 0.2) is 0 Å². The Morgan fingerprint density at radius 3 is 2.74 bits per heavy atom. The minimum atomic E-state index is -0.362. The summed E-state index contributed by atoms with van der Waals surface area (Å²) >= 11 is 0. The van der Waals surface area contributed by atoms with Gasteiger partial charge >= 0.3 is 6.09 Å². The van der Waals surface area contributed by atoms with Crippen LogP contribution in [0.2, 0.25) is 0 Å². The van der Waals surface area contributed by atoms with Crippen molar-refractivity contribution < 1.29 is 23.8 Å². The molecule has 0 radical (unpaired) electrons. The number of hydrogen-bond acceptors (Lipinski definition) is 8. The number of morpholine rings is 1. The van der Waals surface area contributed by atoms with Crippen molar-refractivity contribution in [3.63, 3.8) is 0 Å². The lowest BCUT2D eigenvalue weighted by Gasteiger charge is -2.27. The van der Waals surface area contributed by atoms with Crippen LogP contribution in [0.15, 0.2) is 24.3 Å². The van der Waals surface area contributed by atoms with Crippen molar-refractivity contribution >= 4 is 34.5 Å².